The van der Waals surface area contributed by atoms with Crippen LogP contribution in [0.15, 0.2) is 229 Å². The smallest absolute Gasteiger partial charge is 0.194 e. The molecule has 12 aromatic rings. The summed E-state index contributed by atoms with van der Waals surface area (Å²) in [6, 6.07) is 81.9. The summed E-state index contributed by atoms with van der Waals surface area (Å²) >= 11 is 6.72. The highest BCUT2D eigenvalue weighted by Gasteiger charge is 2.53. The maximum Gasteiger partial charge on any atom is 0.194 e. The molecule has 4 aromatic heterocycles. The number of ketones is 2. The first-order chi connectivity index (χ1) is 44.8. The van der Waals surface area contributed by atoms with Crippen LogP contribution in [-0.2, 0) is 10.8 Å². The number of allylic oxidation sites excluding steroid dienone is 6. The van der Waals surface area contributed by atoms with Gasteiger partial charge in [-0.3, -0.25) is 9.59 Å². The van der Waals surface area contributed by atoms with Crippen LogP contribution < -0.4 is 0 Å². The number of hydrogen-bond donors (Lipinski definition) is 0. The van der Waals surface area contributed by atoms with Gasteiger partial charge in [-0.1, -0.05) is 168 Å². The van der Waals surface area contributed by atoms with Gasteiger partial charge in [0.15, 0.2) is 11.6 Å². The molecule has 8 aromatic carbocycles. The molecule has 92 heavy (non-hydrogen) atoms. The fourth-order valence-corrected chi connectivity index (χ4v) is 18.9. The number of Topliss-reactive ketones (excluding diaryl/α,β-unsaturated/α-hetero) is 2. The van der Waals surface area contributed by atoms with Crippen molar-refractivity contribution in [1.82, 2.24) is 0 Å². The summed E-state index contributed by atoms with van der Waals surface area (Å²) in [6.45, 7) is 8.57. The second-order valence-electron chi connectivity index (χ2n) is 24.0. The monoisotopic (exact) mass is 1250 g/mol. The van der Waals surface area contributed by atoms with E-state index in [1.807, 2.05) is 54.6 Å². The predicted molar refractivity (Wildman–Crippen MR) is 374 cm³/mol. The molecule has 4 heterocycles. The first kappa shape index (κ1) is 56.3. The van der Waals surface area contributed by atoms with Gasteiger partial charge in [0.05, 0.1) is 10.8 Å². The molecule has 0 fully saturated rings. The molecule has 0 unspecified atom stereocenters. The Bertz CT molecular complexity index is 5450. The largest absolute Gasteiger partial charge is 0.289 e. The summed E-state index contributed by atoms with van der Waals surface area (Å²) in [7, 11) is 0. The van der Waals surface area contributed by atoms with Gasteiger partial charge < -0.3 is 0 Å². The Kier molecular flexibility index (Phi) is 13.1. The number of benzene rings is 8. The van der Waals surface area contributed by atoms with Crippen molar-refractivity contribution in [3.63, 3.8) is 0 Å². The highest BCUT2D eigenvalue weighted by Crippen LogP contribution is 2.65. The van der Waals surface area contributed by atoms with Gasteiger partial charge in [0.2, 0.25) is 0 Å². The van der Waals surface area contributed by atoms with E-state index in [0.717, 1.165) is 50.5 Å². The van der Waals surface area contributed by atoms with E-state index in [-0.39, 0.29) is 22.7 Å². The molecule has 0 radical (unpaired) electrons. The van der Waals surface area contributed by atoms with Gasteiger partial charge in [0, 0.05) is 72.3 Å². The summed E-state index contributed by atoms with van der Waals surface area (Å²) in [4.78, 5) is 35.2. The standard InChI is InChI=1S/C82H48N4O2S4/c1-45-13-21-52(22-14-45)81(53-23-15-46(2)16-24-53)67-38-64-68(37-63(67)62-33-49-34-74(91-73(49)39-69(62)81)71-31-29-56(89-71)35-65-76(50(41-83)42-84)58-9-5-7-11-60(58)78(65)87)82(54-25-17-47(3)18-26-54,55-27-19-48(4)20-28-55)70-40-75(92-80(64)70)72-32-30-57(90-72)36-66-77(51(43-85)44-86)59-10-6-8-12-61(59)79(66)88/h5-40H,1-4H3/b65-35-,66-36-. The van der Waals surface area contributed by atoms with Crippen molar-refractivity contribution in [3.8, 4) is 65.4 Å². The summed E-state index contributed by atoms with van der Waals surface area (Å²) in [5.41, 5.74) is 19.6. The van der Waals surface area contributed by atoms with Gasteiger partial charge in [-0.2, -0.15) is 21.0 Å². The van der Waals surface area contributed by atoms with Gasteiger partial charge >= 0.3 is 0 Å². The maximum absolute atomic E-state index is 14.1. The Hall–Kier alpha value is -10.9. The molecular weight excluding hydrogens is 1200 g/mol. The van der Waals surface area contributed by atoms with Crippen LogP contribution in [0.3, 0.4) is 0 Å². The van der Waals surface area contributed by atoms with Crippen molar-refractivity contribution in [1.29, 1.82) is 21.0 Å². The van der Waals surface area contributed by atoms with Crippen molar-refractivity contribution in [2.24, 2.45) is 0 Å². The molecule has 0 spiro atoms. The Labute approximate surface area is 548 Å². The molecule has 4 aliphatic carbocycles. The highest BCUT2D eigenvalue weighted by atomic mass is 32.1. The van der Waals surface area contributed by atoms with Crippen LogP contribution in [-0.4, -0.2) is 11.6 Å². The molecule has 0 atom stereocenters. The normalized spacial score (nSPS) is 15.1. The minimum Gasteiger partial charge on any atom is -0.289 e. The van der Waals surface area contributed by atoms with Crippen LogP contribution in [0.25, 0.3) is 74.5 Å². The lowest BCUT2D eigenvalue weighted by Crippen LogP contribution is -2.30. The van der Waals surface area contributed by atoms with Crippen LogP contribution in [0.2, 0.25) is 0 Å². The Morgan fingerprint density at radius 3 is 1.18 bits per heavy atom. The zero-order valence-electron chi connectivity index (χ0n) is 50.0. The van der Waals surface area contributed by atoms with E-state index in [9.17, 15) is 30.6 Å². The molecular formula is C82H48N4O2S4. The summed E-state index contributed by atoms with van der Waals surface area (Å²) in [5, 5.41) is 41.5. The number of hydrogen-bond acceptors (Lipinski definition) is 10. The predicted octanol–water partition coefficient (Wildman–Crippen LogP) is 20.5. The van der Waals surface area contributed by atoms with Crippen molar-refractivity contribution >= 4 is 90.3 Å². The number of fused-ring (bicyclic) bond motifs is 9. The second kappa shape index (κ2) is 21.4. The molecule has 0 saturated carbocycles. The summed E-state index contributed by atoms with van der Waals surface area (Å²) in [6.07, 6.45) is 3.68. The lowest BCUT2D eigenvalue weighted by Gasteiger charge is -2.35. The molecule has 6 nitrogen and oxygen atoms in total. The van der Waals surface area contributed by atoms with E-state index in [1.165, 1.54) is 77.2 Å². The van der Waals surface area contributed by atoms with Crippen molar-refractivity contribution in [2.45, 2.75) is 38.5 Å². The Morgan fingerprint density at radius 2 is 0.739 bits per heavy atom. The Morgan fingerprint density at radius 1 is 0.359 bits per heavy atom. The molecule has 0 N–H and O–H groups in total. The quantitative estimate of drug-likeness (QED) is 0.110. The third-order valence-electron chi connectivity index (χ3n) is 18.8. The second-order valence-corrected chi connectivity index (χ2v) is 28.4. The lowest BCUT2D eigenvalue weighted by atomic mass is 9.65. The number of carbonyl (C=O) groups excluding carboxylic acids is 2. The summed E-state index contributed by atoms with van der Waals surface area (Å²) < 4.78 is 1.14. The van der Waals surface area contributed by atoms with Crippen LogP contribution in [0.5, 0.6) is 0 Å². The van der Waals surface area contributed by atoms with Gasteiger partial charge in [-0.15, -0.1) is 45.3 Å². The van der Waals surface area contributed by atoms with Crippen LogP contribution in [0.4, 0.5) is 0 Å². The first-order valence-corrected chi connectivity index (χ1v) is 33.3. The molecule has 10 heteroatoms. The van der Waals surface area contributed by atoms with Crippen molar-refractivity contribution in [3.05, 3.63) is 327 Å². The number of nitrogens with zero attached hydrogens (tertiary/aromatic N) is 4. The number of rotatable bonds is 8. The molecule has 0 amide bonds. The summed E-state index contributed by atoms with van der Waals surface area (Å²) in [5.74, 6) is -0.405. The van der Waals surface area contributed by atoms with Crippen LogP contribution in [0.1, 0.15) is 108 Å². The third kappa shape index (κ3) is 8.30. The lowest BCUT2D eigenvalue weighted by molar-refractivity contribution is 0.103. The van der Waals surface area contributed by atoms with E-state index < -0.39 is 10.8 Å². The highest BCUT2D eigenvalue weighted by molar-refractivity contribution is 7.26. The van der Waals surface area contributed by atoms with Crippen LogP contribution >= 0.6 is 45.3 Å². The molecule has 0 saturated heterocycles. The SMILES string of the molecule is Cc1ccc(C2(c3ccc(C)cc3)c3cc4c(cc3-c3cc5cc(-c6ccc(/C=C7\C(=O)c8ccccc8C7=C(C#N)C#N)s6)sc5cc32)C(c2ccc(C)cc2)(c2ccc(C)cc2)c2cc(-c3ccc(/C=C5\C(=O)c6ccccc6C5=C(C#N)C#N)s3)sc2-4)cc1. The number of nitriles is 4. The molecule has 432 valence electrons. The average Bonchev–Trinajstić information content (AvgIpc) is 1.50. The number of thiophene rings is 4. The average molecular weight is 1250 g/mol. The van der Waals surface area contributed by atoms with Crippen LogP contribution in [0, 0.1) is 73.0 Å². The number of aryl methyl sites for hydroxylation is 4. The zero-order chi connectivity index (χ0) is 62.9. The maximum atomic E-state index is 14.1. The van der Waals surface area contributed by atoms with E-state index >= 15 is 0 Å². The minimum atomic E-state index is -0.763. The van der Waals surface area contributed by atoms with E-state index in [4.69, 9.17) is 0 Å². The van der Waals surface area contributed by atoms with Gasteiger partial charge in [0.1, 0.15) is 35.4 Å². The van der Waals surface area contributed by atoms with Crippen molar-refractivity contribution in [2.75, 3.05) is 0 Å². The molecule has 4 aliphatic rings. The van der Waals surface area contributed by atoms with Crippen molar-refractivity contribution < 1.29 is 9.59 Å². The Balaban J connectivity index is 0.909. The topological polar surface area (TPSA) is 129 Å². The van der Waals surface area contributed by atoms with E-state index in [2.05, 4.69) is 185 Å². The fourth-order valence-electron chi connectivity index (χ4n) is 14.5. The van der Waals surface area contributed by atoms with Gasteiger partial charge in [0.25, 0.3) is 0 Å². The first-order valence-electron chi connectivity index (χ1n) is 30.1. The fraction of sp³-hybridized carbons (Fsp3) is 0.0732. The minimum absolute atomic E-state index is 0.0849. The van der Waals surface area contributed by atoms with E-state index in [0.29, 0.717) is 44.5 Å². The zero-order valence-corrected chi connectivity index (χ0v) is 53.3. The van der Waals surface area contributed by atoms with Gasteiger partial charge in [-0.05, 0) is 178 Å². The van der Waals surface area contributed by atoms with E-state index in [1.54, 1.807) is 75.7 Å². The molecule has 16 rings (SSSR count). The number of carbonyl (C=O) groups is 2. The molecule has 0 bridgehead atoms. The van der Waals surface area contributed by atoms with Gasteiger partial charge in [-0.25, -0.2) is 0 Å². The third-order valence-corrected chi connectivity index (χ3v) is 23.5. The molecule has 0 aliphatic heterocycles.